The molecule has 0 aromatic heterocycles. The summed E-state index contributed by atoms with van der Waals surface area (Å²) in [5.41, 5.74) is 8.37. The number of hydrogen-bond donors (Lipinski definition) is 0. The minimum Gasteiger partial charge on any atom is -0.377 e. The maximum absolute atomic E-state index is 12.7. The van der Waals surface area contributed by atoms with E-state index in [9.17, 15) is 4.79 Å². The van der Waals surface area contributed by atoms with E-state index in [0.29, 0.717) is 57.4 Å². The lowest BCUT2D eigenvalue weighted by Crippen LogP contribution is -2.44. The van der Waals surface area contributed by atoms with Gasteiger partial charge in [0.1, 0.15) is 0 Å². The van der Waals surface area contributed by atoms with Crippen LogP contribution in [-0.2, 0) is 31.4 Å². The van der Waals surface area contributed by atoms with Crippen molar-refractivity contribution in [2.24, 2.45) is 5.11 Å². The standard InChI is InChI=1S/C16H36N4O7Si2/c1-22-28(23-2,24-3)14-8-12-20(16(21)10-7-11-18-19-17)13-9-15-29(25-4,26-5)27-6/h7-15H2,1-6H3. The highest BCUT2D eigenvalue weighted by Crippen LogP contribution is 2.18. The zero-order valence-electron chi connectivity index (χ0n) is 18.5. The fourth-order valence-electron chi connectivity index (χ4n) is 2.95. The second-order valence-electron chi connectivity index (χ2n) is 6.24. The predicted octanol–water partition coefficient (Wildman–Crippen LogP) is 2.44. The highest BCUT2D eigenvalue weighted by Gasteiger charge is 2.38. The Morgan fingerprint density at radius 2 is 1.24 bits per heavy atom. The van der Waals surface area contributed by atoms with Gasteiger partial charge in [-0.25, -0.2) is 0 Å². The molecule has 0 N–H and O–H groups in total. The van der Waals surface area contributed by atoms with Gasteiger partial charge in [0.05, 0.1) is 0 Å². The van der Waals surface area contributed by atoms with Gasteiger partial charge >= 0.3 is 17.6 Å². The Hall–Kier alpha value is -1.03. The Bertz CT molecular complexity index is 459. The van der Waals surface area contributed by atoms with Crippen molar-refractivity contribution in [2.75, 3.05) is 62.3 Å². The molecular weight excluding hydrogens is 416 g/mol. The summed E-state index contributed by atoms with van der Waals surface area (Å²) in [6, 6.07) is 1.21. The molecule has 0 fully saturated rings. The number of nitrogens with zero attached hydrogens (tertiary/aromatic N) is 4. The number of hydrogen-bond acceptors (Lipinski definition) is 8. The van der Waals surface area contributed by atoms with Gasteiger partial charge in [-0.05, 0) is 24.8 Å². The summed E-state index contributed by atoms with van der Waals surface area (Å²) in [5.74, 6) is 0.0113. The number of amides is 1. The number of azide groups is 1. The molecule has 0 aliphatic carbocycles. The van der Waals surface area contributed by atoms with Crippen LogP contribution in [0.15, 0.2) is 5.11 Å². The second-order valence-corrected chi connectivity index (χ2v) is 12.4. The van der Waals surface area contributed by atoms with Crippen molar-refractivity contribution in [1.29, 1.82) is 0 Å². The van der Waals surface area contributed by atoms with Crippen LogP contribution < -0.4 is 0 Å². The molecular formula is C16H36N4O7Si2. The summed E-state index contributed by atoms with van der Waals surface area (Å²) in [7, 11) is 4.07. The van der Waals surface area contributed by atoms with Crippen LogP contribution >= 0.6 is 0 Å². The zero-order chi connectivity index (χ0) is 22.2. The third-order valence-electron chi connectivity index (χ3n) is 4.75. The van der Waals surface area contributed by atoms with Crippen LogP contribution in [0.4, 0.5) is 0 Å². The Morgan fingerprint density at radius 3 is 1.59 bits per heavy atom. The van der Waals surface area contributed by atoms with Crippen LogP contribution in [0, 0.1) is 0 Å². The maximum Gasteiger partial charge on any atom is 0.500 e. The Kier molecular flexibility index (Phi) is 15.2. The topological polar surface area (TPSA) is 124 Å². The van der Waals surface area contributed by atoms with Crippen LogP contribution in [0.2, 0.25) is 12.1 Å². The quantitative estimate of drug-likeness (QED) is 0.103. The van der Waals surface area contributed by atoms with Crippen molar-refractivity contribution < 1.29 is 31.4 Å². The van der Waals surface area contributed by atoms with Crippen LogP contribution in [0.25, 0.3) is 10.4 Å². The lowest BCUT2D eigenvalue weighted by molar-refractivity contribution is -0.131. The summed E-state index contributed by atoms with van der Waals surface area (Å²) in [6.45, 7) is 1.40. The third kappa shape index (κ3) is 10.0. The van der Waals surface area contributed by atoms with E-state index in [1.165, 1.54) is 0 Å². The molecule has 0 aliphatic rings. The largest absolute Gasteiger partial charge is 0.500 e. The number of carbonyl (C=O) groups excluding carboxylic acids is 1. The monoisotopic (exact) mass is 452 g/mol. The van der Waals surface area contributed by atoms with Crippen molar-refractivity contribution in [1.82, 2.24) is 4.90 Å². The van der Waals surface area contributed by atoms with Gasteiger partial charge in [-0.2, -0.15) is 0 Å². The predicted molar refractivity (Wildman–Crippen MR) is 112 cm³/mol. The molecule has 11 nitrogen and oxygen atoms in total. The first-order valence-corrected chi connectivity index (χ1v) is 13.4. The van der Waals surface area contributed by atoms with Gasteiger partial charge in [0, 0.05) is 85.7 Å². The number of rotatable bonds is 18. The molecule has 0 bridgehead atoms. The van der Waals surface area contributed by atoms with Crippen molar-refractivity contribution in [3.8, 4) is 0 Å². The molecule has 0 aromatic carbocycles. The minimum atomic E-state index is -2.68. The highest BCUT2D eigenvalue weighted by molar-refractivity contribution is 6.60. The van der Waals surface area contributed by atoms with E-state index in [4.69, 9.17) is 32.1 Å². The molecule has 0 saturated carbocycles. The summed E-state index contributed by atoms with van der Waals surface area (Å²) in [6.07, 6.45) is 2.21. The van der Waals surface area contributed by atoms with Crippen molar-refractivity contribution in [3.05, 3.63) is 10.4 Å². The molecule has 0 aromatic rings. The molecule has 0 unspecified atom stereocenters. The average Bonchev–Trinajstić information content (AvgIpc) is 2.76. The van der Waals surface area contributed by atoms with Gasteiger partial charge in [0.2, 0.25) is 5.91 Å². The molecule has 0 rings (SSSR count). The molecule has 29 heavy (non-hydrogen) atoms. The van der Waals surface area contributed by atoms with E-state index in [-0.39, 0.29) is 5.91 Å². The first-order valence-electron chi connectivity index (χ1n) is 9.51. The lowest BCUT2D eigenvalue weighted by atomic mass is 10.2. The normalized spacial score (nSPS) is 11.9. The molecule has 0 saturated heterocycles. The fraction of sp³-hybridized carbons (Fsp3) is 0.938. The van der Waals surface area contributed by atoms with E-state index in [1.54, 1.807) is 47.6 Å². The second kappa shape index (κ2) is 15.8. The van der Waals surface area contributed by atoms with Crippen LogP contribution in [0.1, 0.15) is 25.7 Å². The molecule has 0 radical (unpaired) electrons. The molecule has 0 aliphatic heterocycles. The van der Waals surface area contributed by atoms with Gasteiger partial charge in [0.25, 0.3) is 0 Å². The van der Waals surface area contributed by atoms with E-state index in [2.05, 4.69) is 10.0 Å². The fourth-order valence-corrected chi connectivity index (χ4v) is 6.36. The SMILES string of the molecule is CO[Si](CCCN(CCC[Si](OC)(OC)OC)C(=O)CCCN=[N+]=[N-])(OC)OC. The maximum atomic E-state index is 12.7. The smallest absolute Gasteiger partial charge is 0.377 e. The number of carbonyl (C=O) groups is 1. The Morgan fingerprint density at radius 1 is 0.828 bits per heavy atom. The van der Waals surface area contributed by atoms with Crippen molar-refractivity contribution in [3.63, 3.8) is 0 Å². The van der Waals surface area contributed by atoms with Gasteiger partial charge in [-0.15, -0.1) is 0 Å². The van der Waals surface area contributed by atoms with E-state index < -0.39 is 17.6 Å². The van der Waals surface area contributed by atoms with Crippen molar-refractivity contribution >= 4 is 23.5 Å². The Labute approximate surface area is 175 Å². The van der Waals surface area contributed by atoms with E-state index in [1.807, 2.05) is 0 Å². The lowest BCUT2D eigenvalue weighted by Gasteiger charge is -2.28. The van der Waals surface area contributed by atoms with E-state index in [0.717, 1.165) is 0 Å². The van der Waals surface area contributed by atoms with Gasteiger partial charge in [0.15, 0.2) is 0 Å². The molecule has 0 heterocycles. The van der Waals surface area contributed by atoms with Crippen LogP contribution in [-0.4, -0.2) is 90.7 Å². The van der Waals surface area contributed by atoms with Crippen molar-refractivity contribution in [2.45, 2.75) is 37.8 Å². The zero-order valence-corrected chi connectivity index (χ0v) is 20.5. The molecule has 170 valence electrons. The molecule has 13 heteroatoms. The van der Waals surface area contributed by atoms with Crippen LogP contribution in [0.5, 0.6) is 0 Å². The first kappa shape index (κ1) is 28.0. The van der Waals surface area contributed by atoms with Crippen LogP contribution in [0.3, 0.4) is 0 Å². The van der Waals surface area contributed by atoms with E-state index >= 15 is 0 Å². The average molecular weight is 453 g/mol. The molecule has 1 amide bonds. The Balaban J connectivity index is 4.87. The first-order chi connectivity index (χ1) is 13.9. The van der Waals surface area contributed by atoms with Gasteiger partial charge in [-0.1, -0.05) is 5.11 Å². The summed E-state index contributed by atoms with van der Waals surface area (Å²) < 4.78 is 32.6. The third-order valence-corrected chi connectivity index (χ3v) is 10.4. The minimum absolute atomic E-state index is 0.0113. The summed E-state index contributed by atoms with van der Waals surface area (Å²) in [4.78, 5) is 17.2. The summed E-state index contributed by atoms with van der Waals surface area (Å²) in [5, 5.41) is 3.48. The van der Waals surface area contributed by atoms with Gasteiger partial charge < -0.3 is 31.5 Å². The summed E-state index contributed by atoms with van der Waals surface area (Å²) >= 11 is 0. The molecule has 0 spiro atoms. The molecule has 0 atom stereocenters. The van der Waals surface area contributed by atoms with Gasteiger partial charge in [-0.3, -0.25) is 4.79 Å². The highest BCUT2D eigenvalue weighted by atomic mass is 28.4.